The Hall–Kier alpha value is -1.59. The zero-order chi connectivity index (χ0) is 13.1. The minimum atomic E-state index is -0.233. The predicted octanol–water partition coefficient (Wildman–Crippen LogP) is 2.58. The van der Waals surface area contributed by atoms with E-state index in [1.165, 1.54) is 29.7 Å². The van der Waals surface area contributed by atoms with E-state index < -0.39 is 0 Å². The zero-order valence-electron chi connectivity index (χ0n) is 9.57. The van der Waals surface area contributed by atoms with Gasteiger partial charge in [0.2, 0.25) is 5.56 Å². The Morgan fingerprint density at radius 2 is 2.17 bits per heavy atom. The quantitative estimate of drug-likeness (QED) is 0.909. The molecule has 2 N–H and O–H groups in total. The number of pyridine rings is 1. The number of thiophene rings is 1. The van der Waals surface area contributed by atoms with Gasteiger partial charge in [-0.05, 0) is 25.1 Å². The van der Waals surface area contributed by atoms with Gasteiger partial charge in [0.1, 0.15) is 0 Å². The van der Waals surface area contributed by atoms with Crippen molar-refractivity contribution in [3.8, 4) is 0 Å². The van der Waals surface area contributed by atoms with Gasteiger partial charge in [-0.3, -0.25) is 9.59 Å². The highest BCUT2D eigenvalue weighted by atomic mass is 35.5. The van der Waals surface area contributed by atoms with Crippen molar-refractivity contribution in [2.75, 3.05) is 0 Å². The number of nitrogens with one attached hydrogen (secondary N) is 2. The third-order valence-electron chi connectivity index (χ3n) is 2.41. The van der Waals surface area contributed by atoms with Crippen molar-refractivity contribution in [1.29, 1.82) is 0 Å². The molecule has 1 amide bonds. The maximum atomic E-state index is 11.9. The maximum absolute atomic E-state index is 11.9. The van der Waals surface area contributed by atoms with Crippen LogP contribution in [0.1, 0.15) is 28.2 Å². The Morgan fingerprint density at radius 1 is 1.39 bits per heavy atom. The van der Waals surface area contributed by atoms with E-state index in [1.54, 1.807) is 6.07 Å². The van der Waals surface area contributed by atoms with Crippen molar-refractivity contribution in [3.05, 3.63) is 55.6 Å². The molecule has 0 radical (unpaired) electrons. The average Bonchev–Trinajstić information content (AvgIpc) is 2.76. The molecule has 2 aromatic rings. The first-order chi connectivity index (χ1) is 8.56. The predicted molar refractivity (Wildman–Crippen MR) is 72.3 cm³/mol. The normalized spacial score (nSPS) is 12.1. The molecule has 0 aliphatic rings. The smallest absolute Gasteiger partial charge is 0.253 e. The molecule has 6 heteroatoms. The number of carbonyl (C=O) groups is 1. The second kappa shape index (κ2) is 5.37. The van der Waals surface area contributed by atoms with Crippen molar-refractivity contribution < 1.29 is 4.79 Å². The lowest BCUT2D eigenvalue weighted by Gasteiger charge is -2.11. The summed E-state index contributed by atoms with van der Waals surface area (Å²) in [6, 6.07) is 6.36. The van der Waals surface area contributed by atoms with Crippen LogP contribution in [0.5, 0.6) is 0 Å². The van der Waals surface area contributed by atoms with Gasteiger partial charge in [0.25, 0.3) is 5.91 Å². The average molecular weight is 283 g/mol. The topological polar surface area (TPSA) is 62.0 Å². The highest BCUT2D eigenvalue weighted by Gasteiger charge is 2.13. The van der Waals surface area contributed by atoms with Crippen LogP contribution in [0.2, 0.25) is 4.34 Å². The molecular formula is C12H11ClN2O2S. The second-order valence-electron chi connectivity index (χ2n) is 3.78. The highest BCUT2D eigenvalue weighted by molar-refractivity contribution is 7.16. The Labute approximate surface area is 113 Å². The van der Waals surface area contributed by atoms with Crippen LogP contribution in [-0.2, 0) is 0 Å². The van der Waals surface area contributed by atoms with Gasteiger partial charge in [0.15, 0.2) is 0 Å². The lowest BCUT2D eigenvalue weighted by atomic mass is 10.2. The lowest BCUT2D eigenvalue weighted by Crippen LogP contribution is -2.26. The Bertz CT molecular complexity index is 600. The van der Waals surface area contributed by atoms with Crippen LogP contribution in [0.3, 0.4) is 0 Å². The SMILES string of the molecule is C[C@@H](NC(=O)c1ccc(=O)[nH]c1)c1ccc(Cl)s1. The fourth-order valence-electron chi connectivity index (χ4n) is 1.46. The molecule has 0 fully saturated rings. The van der Waals surface area contributed by atoms with Crippen molar-refractivity contribution in [2.45, 2.75) is 13.0 Å². The van der Waals surface area contributed by atoms with Crippen molar-refractivity contribution >= 4 is 28.8 Å². The second-order valence-corrected chi connectivity index (χ2v) is 5.53. The fourth-order valence-corrected chi connectivity index (χ4v) is 2.53. The number of H-pyrrole nitrogens is 1. The van der Waals surface area contributed by atoms with E-state index in [4.69, 9.17) is 11.6 Å². The largest absolute Gasteiger partial charge is 0.345 e. The lowest BCUT2D eigenvalue weighted by molar-refractivity contribution is 0.0940. The fraction of sp³-hybridized carbons (Fsp3) is 0.167. The van der Waals surface area contributed by atoms with E-state index in [9.17, 15) is 9.59 Å². The molecular weight excluding hydrogens is 272 g/mol. The Balaban J connectivity index is 2.07. The molecule has 2 aromatic heterocycles. The van der Waals surface area contributed by atoms with Crippen molar-refractivity contribution in [1.82, 2.24) is 10.3 Å². The Kier molecular flexibility index (Phi) is 3.84. The summed E-state index contributed by atoms with van der Waals surface area (Å²) in [6.07, 6.45) is 1.39. The first-order valence-corrected chi connectivity index (χ1v) is 6.50. The molecule has 18 heavy (non-hydrogen) atoms. The van der Waals surface area contributed by atoms with Crippen molar-refractivity contribution in [2.24, 2.45) is 0 Å². The summed E-state index contributed by atoms with van der Waals surface area (Å²) in [7, 11) is 0. The van der Waals surface area contributed by atoms with Gasteiger partial charge in [0, 0.05) is 17.1 Å². The molecule has 0 unspecified atom stereocenters. The molecule has 0 bridgehead atoms. The van der Waals surface area contributed by atoms with Gasteiger partial charge in [-0.25, -0.2) is 0 Å². The number of rotatable bonds is 3. The number of amides is 1. The van der Waals surface area contributed by atoms with Crippen LogP contribution in [0, 0.1) is 0 Å². The molecule has 94 valence electrons. The van der Waals surface area contributed by atoms with Crippen LogP contribution < -0.4 is 10.9 Å². The van der Waals surface area contributed by atoms with Crippen LogP contribution in [-0.4, -0.2) is 10.9 Å². The van der Waals surface area contributed by atoms with E-state index >= 15 is 0 Å². The summed E-state index contributed by atoms with van der Waals surface area (Å²) >= 11 is 7.27. The number of hydrogen-bond donors (Lipinski definition) is 2. The number of aromatic nitrogens is 1. The monoisotopic (exact) mass is 282 g/mol. The molecule has 0 saturated carbocycles. The number of aromatic amines is 1. The van der Waals surface area contributed by atoms with Gasteiger partial charge in [-0.1, -0.05) is 11.6 Å². The third kappa shape index (κ3) is 3.00. The van der Waals surface area contributed by atoms with E-state index in [-0.39, 0.29) is 17.5 Å². The number of halogens is 1. The van der Waals surface area contributed by atoms with E-state index in [1.807, 2.05) is 13.0 Å². The summed E-state index contributed by atoms with van der Waals surface area (Å²) in [6.45, 7) is 1.88. The van der Waals surface area contributed by atoms with Gasteiger partial charge < -0.3 is 10.3 Å². The standard InChI is InChI=1S/C12H11ClN2O2S/c1-7(9-3-4-10(13)18-9)15-12(17)8-2-5-11(16)14-6-8/h2-7H,1H3,(H,14,16)(H,15,17)/t7-/m1/s1. The first kappa shape index (κ1) is 12.9. The summed E-state index contributed by atoms with van der Waals surface area (Å²) in [4.78, 5) is 26.2. The molecule has 2 rings (SSSR count). The molecule has 4 nitrogen and oxygen atoms in total. The number of carbonyl (C=O) groups excluding carboxylic acids is 1. The Morgan fingerprint density at radius 3 is 2.72 bits per heavy atom. The first-order valence-electron chi connectivity index (χ1n) is 5.31. The van der Waals surface area contributed by atoms with Crippen LogP contribution in [0.25, 0.3) is 0 Å². The van der Waals surface area contributed by atoms with Crippen LogP contribution in [0.4, 0.5) is 0 Å². The molecule has 0 saturated heterocycles. The third-order valence-corrected chi connectivity index (χ3v) is 3.83. The maximum Gasteiger partial charge on any atom is 0.253 e. The molecule has 0 aromatic carbocycles. The van der Waals surface area contributed by atoms with Crippen LogP contribution in [0.15, 0.2) is 35.3 Å². The van der Waals surface area contributed by atoms with E-state index in [0.717, 1.165) is 4.88 Å². The summed E-state index contributed by atoms with van der Waals surface area (Å²) in [5.41, 5.74) is 0.189. The van der Waals surface area contributed by atoms with Gasteiger partial charge >= 0.3 is 0 Å². The molecule has 0 aliphatic carbocycles. The van der Waals surface area contributed by atoms with Gasteiger partial charge in [-0.15, -0.1) is 11.3 Å². The number of hydrogen-bond acceptors (Lipinski definition) is 3. The summed E-state index contributed by atoms with van der Waals surface area (Å²) in [5.74, 6) is -0.233. The summed E-state index contributed by atoms with van der Waals surface area (Å²) < 4.78 is 0.690. The zero-order valence-corrected chi connectivity index (χ0v) is 11.1. The molecule has 0 aliphatic heterocycles. The van der Waals surface area contributed by atoms with Gasteiger partial charge in [-0.2, -0.15) is 0 Å². The molecule has 0 spiro atoms. The van der Waals surface area contributed by atoms with E-state index in [0.29, 0.717) is 9.90 Å². The van der Waals surface area contributed by atoms with Crippen molar-refractivity contribution in [3.63, 3.8) is 0 Å². The highest BCUT2D eigenvalue weighted by Crippen LogP contribution is 2.26. The summed E-state index contributed by atoms with van der Waals surface area (Å²) in [5, 5.41) is 2.84. The molecule has 1 atom stereocenters. The van der Waals surface area contributed by atoms with E-state index in [2.05, 4.69) is 10.3 Å². The van der Waals surface area contributed by atoms with Crippen LogP contribution >= 0.6 is 22.9 Å². The minimum Gasteiger partial charge on any atom is -0.345 e. The minimum absolute atomic E-state index is 0.123. The molecule has 2 heterocycles. The van der Waals surface area contributed by atoms with Gasteiger partial charge in [0.05, 0.1) is 15.9 Å².